The van der Waals surface area contributed by atoms with E-state index in [9.17, 15) is 4.79 Å². The number of amides is 1. The highest BCUT2D eigenvalue weighted by molar-refractivity contribution is 7.22. The lowest BCUT2D eigenvalue weighted by atomic mass is 10.1. The minimum absolute atomic E-state index is 0.197. The summed E-state index contributed by atoms with van der Waals surface area (Å²) in [6.45, 7) is 4.33. The summed E-state index contributed by atoms with van der Waals surface area (Å²) in [6, 6.07) is 4.16. The number of rotatable bonds is 4. The lowest BCUT2D eigenvalue weighted by Crippen LogP contribution is -2.34. The Morgan fingerprint density at radius 2 is 2.11 bits per heavy atom. The molecule has 5 nitrogen and oxygen atoms in total. The van der Waals surface area contributed by atoms with Gasteiger partial charge in [-0.15, -0.1) is 0 Å². The molecule has 2 rings (SSSR count). The van der Waals surface area contributed by atoms with E-state index in [4.69, 9.17) is 0 Å². The third-order valence-corrected chi connectivity index (χ3v) is 4.16. The number of thiazole rings is 1. The molecule has 0 saturated carbocycles. The predicted molar refractivity (Wildman–Crippen MR) is 77.5 cm³/mol. The lowest BCUT2D eigenvalue weighted by molar-refractivity contribution is -0.129. The fourth-order valence-electron chi connectivity index (χ4n) is 1.84. The van der Waals surface area contributed by atoms with Crippen LogP contribution in [0.3, 0.4) is 0 Å². The number of aryl methyl sites for hydroxylation is 2. The maximum absolute atomic E-state index is 11.5. The molecule has 1 aromatic heterocycles. The third kappa shape index (κ3) is 2.85. The quantitative estimate of drug-likeness (QED) is 0.870. The van der Waals surface area contributed by atoms with Gasteiger partial charge in [-0.1, -0.05) is 23.5 Å². The van der Waals surface area contributed by atoms with Crippen LogP contribution in [0, 0.1) is 13.8 Å². The van der Waals surface area contributed by atoms with Gasteiger partial charge < -0.3 is 4.90 Å². The zero-order valence-corrected chi connectivity index (χ0v) is 12.3. The topological polar surface area (TPSA) is 54.5 Å². The summed E-state index contributed by atoms with van der Waals surface area (Å²) in [4.78, 5) is 22.5. The van der Waals surface area contributed by atoms with Gasteiger partial charge >= 0.3 is 0 Å². The normalized spacial score (nSPS) is 10.7. The molecule has 0 bridgehead atoms. The van der Waals surface area contributed by atoms with Crippen molar-refractivity contribution in [1.82, 2.24) is 10.5 Å². The molecule has 0 unspecified atom stereocenters. The summed E-state index contributed by atoms with van der Waals surface area (Å²) in [5.41, 5.74) is 5.67. The van der Waals surface area contributed by atoms with E-state index in [0.29, 0.717) is 0 Å². The first kappa shape index (κ1) is 13.8. The molecule has 0 fully saturated rings. The molecule has 102 valence electrons. The van der Waals surface area contributed by atoms with Crippen LogP contribution in [0.1, 0.15) is 11.1 Å². The molecular weight excluding hydrogens is 262 g/mol. The van der Waals surface area contributed by atoms with E-state index in [1.54, 1.807) is 11.3 Å². The number of fused-ring (bicyclic) bond motifs is 1. The van der Waals surface area contributed by atoms with Crippen molar-refractivity contribution in [2.45, 2.75) is 13.8 Å². The number of hydroxylamine groups is 1. The van der Waals surface area contributed by atoms with Crippen LogP contribution in [0.4, 0.5) is 5.13 Å². The standard InChI is InChI=1S/C13H17N3O2S/c1-8-5-6-9(2)12-11(8)14-13(19-12)16(3)7-10(17)15-18-4/h5-6H,7H2,1-4H3,(H,15,17). The Bertz CT molecular complexity index is 570. The molecule has 0 aliphatic carbocycles. The van der Waals surface area contributed by atoms with E-state index in [2.05, 4.69) is 34.4 Å². The first-order chi connectivity index (χ1) is 9.02. The SMILES string of the molecule is CONC(=O)CN(C)c1nc2c(C)ccc(C)c2s1. The Labute approximate surface area is 116 Å². The van der Waals surface area contributed by atoms with Crippen LogP contribution < -0.4 is 10.4 Å². The van der Waals surface area contributed by atoms with Gasteiger partial charge in [0.1, 0.15) is 6.54 Å². The van der Waals surface area contributed by atoms with Crippen molar-refractivity contribution >= 4 is 32.6 Å². The molecule has 1 amide bonds. The van der Waals surface area contributed by atoms with Crippen LogP contribution in [-0.2, 0) is 9.63 Å². The fourth-order valence-corrected chi connectivity index (χ4v) is 2.91. The zero-order chi connectivity index (χ0) is 14.0. The number of nitrogens with zero attached hydrogens (tertiary/aromatic N) is 2. The van der Waals surface area contributed by atoms with Gasteiger partial charge in [-0.25, -0.2) is 10.5 Å². The van der Waals surface area contributed by atoms with Crippen LogP contribution in [0.5, 0.6) is 0 Å². The van der Waals surface area contributed by atoms with Gasteiger partial charge in [0.25, 0.3) is 5.91 Å². The van der Waals surface area contributed by atoms with Crippen LogP contribution in [0.15, 0.2) is 12.1 Å². The lowest BCUT2D eigenvalue weighted by Gasteiger charge is -2.14. The van der Waals surface area contributed by atoms with Gasteiger partial charge in [-0.3, -0.25) is 9.63 Å². The molecule has 0 aliphatic rings. The number of hydrogen-bond donors (Lipinski definition) is 1. The monoisotopic (exact) mass is 279 g/mol. The van der Waals surface area contributed by atoms with Crippen LogP contribution in [0.2, 0.25) is 0 Å². The van der Waals surface area contributed by atoms with E-state index >= 15 is 0 Å². The predicted octanol–water partition coefficient (Wildman–Crippen LogP) is 2.03. The largest absolute Gasteiger partial charge is 0.342 e. The second-order valence-corrected chi connectivity index (χ2v) is 5.44. The smallest absolute Gasteiger partial charge is 0.263 e. The number of carbonyl (C=O) groups excluding carboxylic acids is 1. The third-order valence-electron chi connectivity index (χ3n) is 2.85. The second-order valence-electron chi connectivity index (χ2n) is 4.46. The van der Waals surface area contributed by atoms with Crippen molar-refractivity contribution in [3.63, 3.8) is 0 Å². The number of carbonyl (C=O) groups is 1. The van der Waals surface area contributed by atoms with Crippen molar-refractivity contribution in [3.05, 3.63) is 23.3 Å². The maximum Gasteiger partial charge on any atom is 0.263 e. The Morgan fingerprint density at radius 3 is 2.74 bits per heavy atom. The molecule has 19 heavy (non-hydrogen) atoms. The molecule has 0 radical (unpaired) electrons. The molecule has 0 saturated heterocycles. The van der Waals surface area contributed by atoms with Crippen LogP contribution >= 0.6 is 11.3 Å². The molecule has 1 N–H and O–H groups in total. The van der Waals surface area contributed by atoms with E-state index in [1.165, 1.54) is 17.4 Å². The summed E-state index contributed by atoms with van der Waals surface area (Å²) < 4.78 is 1.17. The zero-order valence-electron chi connectivity index (χ0n) is 11.5. The Balaban J connectivity index is 2.28. The summed E-state index contributed by atoms with van der Waals surface area (Å²) in [5, 5.41) is 0.832. The molecule has 0 spiro atoms. The van der Waals surface area contributed by atoms with Crippen molar-refractivity contribution in [1.29, 1.82) is 0 Å². The molecule has 1 heterocycles. The van der Waals surface area contributed by atoms with Crippen molar-refractivity contribution in [3.8, 4) is 0 Å². The minimum atomic E-state index is -0.197. The van der Waals surface area contributed by atoms with Crippen molar-refractivity contribution in [2.75, 3.05) is 25.6 Å². The number of hydrogen-bond acceptors (Lipinski definition) is 5. The maximum atomic E-state index is 11.5. The first-order valence-corrected chi connectivity index (χ1v) is 6.74. The molecule has 0 aliphatic heterocycles. The Hall–Kier alpha value is -1.66. The van der Waals surface area contributed by atoms with E-state index in [0.717, 1.165) is 16.2 Å². The van der Waals surface area contributed by atoms with Gasteiger partial charge in [-0.05, 0) is 25.0 Å². The van der Waals surface area contributed by atoms with Gasteiger partial charge in [0.2, 0.25) is 0 Å². The van der Waals surface area contributed by atoms with Gasteiger partial charge in [-0.2, -0.15) is 0 Å². The fraction of sp³-hybridized carbons (Fsp3) is 0.385. The Kier molecular flexibility index (Phi) is 4.01. The number of nitrogens with one attached hydrogen (secondary N) is 1. The highest BCUT2D eigenvalue weighted by atomic mass is 32.1. The first-order valence-electron chi connectivity index (χ1n) is 5.92. The summed E-state index contributed by atoms with van der Waals surface area (Å²) in [5.74, 6) is -0.197. The van der Waals surface area contributed by atoms with Crippen LogP contribution in [0.25, 0.3) is 10.2 Å². The summed E-state index contributed by atoms with van der Waals surface area (Å²) >= 11 is 1.60. The van der Waals surface area contributed by atoms with Gasteiger partial charge in [0.15, 0.2) is 5.13 Å². The highest BCUT2D eigenvalue weighted by Crippen LogP contribution is 2.32. The molecule has 1 aromatic carbocycles. The molecule has 6 heteroatoms. The van der Waals surface area contributed by atoms with Crippen molar-refractivity contribution < 1.29 is 9.63 Å². The minimum Gasteiger partial charge on any atom is -0.342 e. The molecular formula is C13H17N3O2S. The number of anilines is 1. The highest BCUT2D eigenvalue weighted by Gasteiger charge is 2.14. The number of aromatic nitrogens is 1. The molecule has 0 atom stereocenters. The van der Waals surface area contributed by atoms with E-state index < -0.39 is 0 Å². The van der Waals surface area contributed by atoms with Gasteiger partial charge in [0.05, 0.1) is 17.3 Å². The van der Waals surface area contributed by atoms with E-state index in [1.807, 2.05) is 18.9 Å². The van der Waals surface area contributed by atoms with E-state index in [-0.39, 0.29) is 12.5 Å². The number of likely N-dealkylation sites (N-methyl/N-ethyl adjacent to an activating group) is 1. The molecule has 2 aromatic rings. The average Bonchev–Trinajstić information content (AvgIpc) is 2.80. The summed E-state index contributed by atoms with van der Waals surface area (Å²) in [6.07, 6.45) is 0. The number of benzene rings is 1. The van der Waals surface area contributed by atoms with Crippen LogP contribution in [-0.4, -0.2) is 31.6 Å². The average molecular weight is 279 g/mol. The van der Waals surface area contributed by atoms with Crippen molar-refractivity contribution in [2.24, 2.45) is 0 Å². The van der Waals surface area contributed by atoms with Gasteiger partial charge in [0, 0.05) is 7.05 Å². The Morgan fingerprint density at radius 1 is 1.42 bits per heavy atom. The summed E-state index contributed by atoms with van der Waals surface area (Å²) in [7, 11) is 3.26. The second kappa shape index (κ2) is 5.54.